The number of carbonyl (C=O) groups excluding carboxylic acids is 1. The molecule has 0 bridgehead atoms. The van der Waals surface area contributed by atoms with Gasteiger partial charge < -0.3 is 9.47 Å². The van der Waals surface area contributed by atoms with Gasteiger partial charge in [-0.1, -0.05) is 12.1 Å². The number of hydrogen-bond donors (Lipinski definition) is 1. The summed E-state index contributed by atoms with van der Waals surface area (Å²) < 4.78 is 10.5. The molecule has 118 valence electrons. The molecule has 0 unspecified atom stereocenters. The second-order valence-corrected chi connectivity index (χ2v) is 4.91. The first kappa shape index (κ1) is 15.3. The number of carbonyl (C=O) groups is 1. The first-order valence-electron chi connectivity index (χ1n) is 7.12. The van der Waals surface area contributed by atoms with Gasteiger partial charge >= 0.3 is 5.97 Å². The molecule has 6 nitrogen and oxygen atoms in total. The van der Waals surface area contributed by atoms with Gasteiger partial charge in [-0.15, -0.1) is 0 Å². The van der Waals surface area contributed by atoms with Gasteiger partial charge in [0.15, 0.2) is 5.75 Å². The Bertz CT molecular complexity index is 908. The van der Waals surface area contributed by atoms with Gasteiger partial charge in [0.25, 0.3) is 0 Å². The van der Waals surface area contributed by atoms with Crippen molar-refractivity contribution in [3.63, 3.8) is 0 Å². The van der Waals surface area contributed by atoms with Crippen LogP contribution in [0.4, 0.5) is 0 Å². The van der Waals surface area contributed by atoms with Crippen molar-refractivity contribution in [3.05, 3.63) is 65.9 Å². The minimum Gasteiger partial charge on any atom is -0.465 e. The minimum absolute atomic E-state index is 0.415. The lowest BCUT2D eigenvalue weighted by Crippen LogP contribution is -2.00. The van der Waals surface area contributed by atoms with Crippen molar-refractivity contribution >= 4 is 5.97 Å². The topological polar surface area (TPSA) is 88.0 Å². The van der Waals surface area contributed by atoms with Crippen LogP contribution >= 0.6 is 0 Å². The van der Waals surface area contributed by atoms with Gasteiger partial charge in [-0.2, -0.15) is 10.4 Å². The Hall–Kier alpha value is -3.59. The van der Waals surface area contributed by atoms with Crippen molar-refractivity contribution in [1.29, 1.82) is 5.26 Å². The molecule has 3 rings (SSSR count). The number of methoxy groups -OCH3 is 1. The van der Waals surface area contributed by atoms with Crippen molar-refractivity contribution in [1.82, 2.24) is 10.2 Å². The summed E-state index contributed by atoms with van der Waals surface area (Å²) in [7, 11) is 1.34. The molecule has 0 saturated carbocycles. The van der Waals surface area contributed by atoms with E-state index in [9.17, 15) is 4.79 Å². The molecule has 1 aromatic heterocycles. The van der Waals surface area contributed by atoms with Gasteiger partial charge in [0.1, 0.15) is 11.4 Å². The molecule has 0 aliphatic carbocycles. The van der Waals surface area contributed by atoms with Crippen molar-refractivity contribution in [2.75, 3.05) is 7.11 Å². The van der Waals surface area contributed by atoms with Crippen molar-refractivity contribution in [3.8, 4) is 28.8 Å². The fourth-order valence-electron chi connectivity index (χ4n) is 2.20. The SMILES string of the molecule is COC(=O)c1cccc(-c2n[nH]cc2Oc2ccc(C#N)cc2)c1. The third kappa shape index (κ3) is 3.10. The Morgan fingerprint density at radius 2 is 2.00 bits per heavy atom. The molecule has 6 heteroatoms. The Morgan fingerprint density at radius 3 is 2.71 bits per heavy atom. The maximum absolute atomic E-state index is 11.7. The molecule has 24 heavy (non-hydrogen) atoms. The average Bonchev–Trinajstić information content (AvgIpc) is 3.10. The van der Waals surface area contributed by atoms with Crippen molar-refractivity contribution in [2.45, 2.75) is 0 Å². The largest absolute Gasteiger partial charge is 0.465 e. The van der Waals surface area contributed by atoms with E-state index < -0.39 is 5.97 Å². The van der Waals surface area contributed by atoms with Crippen LogP contribution in [0.1, 0.15) is 15.9 Å². The molecule has 2 aromatic carbocycles. The molecule has 0 spiro atoms. The number of esters is 1. The zero-order valence-electron chi connectivity index (χ0n) is 12.8. The van der Waals surface area contributed by atoms with Gasteiger partial charge in [0, 0.05) is 5.56 Å². The highest BCUT2D eigenvalue weighted by Crippen LogP contribution is 2.31. The number of aromatic nitrogens is 2. The number of rotatable bonds is 4. The van der Waals surface area contributed by atoms with Gasteiger partial charge in [-0.3, -0.25) is 5.10 Å². The Labute approximate surface area is 138 Å². The van der Waals surface area contributed by atoms with Crippen LogP contribution in [-0.2, 0) is 4.74 Å². The Kier molecular flexibility index (Phi) is 4.25. The summed E-state index contributed by atoms with van der Waals surface area (Å²) in [5.74, 6) is 0.685. The number of nitriles is 1. The van der Waals surface area contributed by atoms with E-state index in [0.29, 0.717) is 28.3 Å². The normalized spacial score (nSPS) is 10.0. The molecule has 1 N–H and O–H groups in total. The highest BCUT2D eigenvalue weighted by molar-refractivity contribution is 5.91. The van der Waals surface area contributed by atoms with Crippen LogP contribution in [0.15, 0.2) is 54.7 Å². The smallest absolute Gasteiger partial charge is 0.337 e. The fraction of sp³-hybridized carbons (Fsp3) is 0.0556. The predicted octanol–water partition coefficient (Wildman–Crippen LogP) is 3.53. The number of ether oxygens (including phenoxy) is 2. The second-order valence-electron chi connectivity index (χ2n) is 4.91. The number of benzene rings is 2. The zero-order valence-corrected chi connectivity index (χ0v) is 12.8. The Morgan fingerprint density at radius 1 is 1.21 bits per heavy atom. The van der Waals surface area contributed by atoms with Gasteiger partial charge in [-0.25, -0.2) is 4.79 Å². The number of hydrogen-bond acceptors (Lipinski definition) is 5. The maximum atomic E-state index is 11.7. The third-order valence-corrected chi connectivity index (χ3v) is 3.37. The van der Waals surface area contributed by atoms with E-state index in [2.05, 4.69) is 16.3 Å². The number of nitrogens with zero attached hydrogens (tertiary/aromatic N) is 2. The van der Waals surface area contributed by atoms with E-state index in [1.165, 1.54) is 7.11 Å². The Balaban J connectivity index is 1.90. The highest BCUT2D eigenvalue weighted by Gasteiger charge is 2.13. The summed E-state index contributed by atoms with van der Waals surface area (Å²) in [6, 6.07) is 15.8. The monoisotopic (exact) mass is 319 g/mol. The van der Waals surface area contributed by atoms with E-state index in [4.69, 9.17) is 14.7 Å². The zero-order chi connectivity index (χ0) is 16.9. The highest BCUT2D eigenvalue weighted by atomic mass is 16.5. The molecule has 0 aliphatic heterocycles. The lowest BCUT2D eigenvalue weighted by molar-refractivity contribution is 0.0601. The fourth-order valence-corrected chi connectivity index (χ4v) is 2.20. The maximum Gasteiger partial charge on any atom is 0.337 e. The minimum atomic E-state index is -0.415. The molecule has 3 aromatic rings. The van der Waals surface area contributed by atoms with E-state index in [1.807, 2.05) is 6.07 Å². The van der Waals surface area contributed by atoms with Crippen molar-refractivity contribution < 1.29 is 14.3 Å². The van der Waals surface area contributed by atoms with Crippen LogP contribution in [0, 0.1) is 11.3 Å². The molecule has 0 radical (unpaired) electrons. The van der Waals surface area contributed by atoms with Gasteiger partial charge in [0.05, 0.1) is 30.5 Å². The van der Waals surface area contributed by atoms with Crippen LogP contribution in [0.2, 0.25) is 0 Å². The average molecular weight is 319 g/mol. The number of aromatic amines is 1. The van der Waals surface area contributed by atoms with Gasteiger partial charge in [-0.05, 0) is 36.4 Å². The lowest BCUT2D eigenvalue weighted by Gasteiger charge is -2.07. The summed E-state index contributed by atoms with van der Waals surface area (Å²) in [5, 5.41) is 15.8. The van der Waals surface area contributed by atoms with E-state index in [0.717, 1.165) is 5.56 Å². The molecule has 0 saturated heterocycles. The van der Waals surface area contributed by atoms with Crippen LogP contribution in [0.3, 0.4) is 0 Å². The second kappa shape index (κ2) is 6.67. The van der Waals surface area contributed by atoms with E-state index in [1.54, 1.807) is 48.7 Å². The predicted molar refractivity (Wildman–Crippen MR) is 86.6 cm³/mol. The molecule has 0 aliphatic rings. The molecule has 0 amide bonds. The van der Waals surface area contributed by atoms with Crippen molar-refractivity contribution in [2.24, 2.45) is 0 Å². The molecular formula is C18H13N3O3. The quantitative estimate of drug-likeness (QED) is 0.743. The summed E-state index contributed by atoms with van der Waals surface area (Å²) >= 11 is 0. The van der Waals surface area contributed by atoms with E-state index >= 15 is 0 Å². The molecular weight excluding hydrogens is 306 g/mol. The third-order valence-electron chi connectivity index (χ3n) is 3.37. The van der Waals surface area contributed by atoms with Crippen LogP contribution in [-0.4, -0.2) is 23.3 Å². The summed E-state index contributed by atoms with van der Waals surface area (Å²) in [4.78, 5) is 11.7. The first-order valence-corrected chi connectivity index (χ1v) is 7.12. The number of nitrogens with one attached hydrogen (secondary N) is 1. The van der Waals surface area contributed by atoms with Crippen LogP contribution < -0.4 is 4.74 Å². The van der Waals surface area contributed by atoms with Crippen LogP contribution in [0.5, 0.6) is 11.5 Å². The molecule has 1 heterocycles. The van der Waals surface area contributed by atoms with E-state index in [-0.39, 0.29) is 0 Å². The first-order chi connectivity index (χ1) is 11.7. The lowest BCUT2D eigenvalue weighted by atomic mass is 10.1. The van der Waals surface area contributed by atoms with Gasteiger partial charge in [0.2, 0.25) is 0 Å². The molecule has 0 atom stereocenters. The molecule has 0 fully saturated rings. The van der Waals surface area contributed by atoms with Crippen LogP contribution in [0.25, 0.3) is 11.3 Å². The summed E-state index contributed by atoms with van der Waals surface area (Å²) in [5.41, 5.74) is 2.29. The number of H-pyrrole nitrogens is 1. The summed E-state index contributed by atoms with van der Waals surface area (Å²) in [6.07, 6.45) is 1.62. The standard InChI is InChI=1S/C18H13N3O3/c1-23-18(22)14-4-2-3-13(9-14)17-16(11-20-21-17)24-15-7-5-12(10-19)6-8-15/h2-9,11H,1H3,(H,20,21). The summed E-state index contributed by atoms with van der Waals surface area (Å²) in [6.45, 7) is 0.